The number of hydrogen-bond donors (Lipinski definition) is 1. The highest BCUT2D eigenvalue weighted by molar-refractivity contribution is 7.99. The van der Waals surface area contributed by atoms with Crippen molar-refractivity contribution in [3.05, 3.63) is 0 Å². The van der Waals surface area contributed by atoms with E-state index in [0.717, 1.165) is 0 Å². The predicted molar refractivity (Wildman–Crippen MR) is 45.9 cm³/mol. The molecule has 12 heavy (non-hydrogen) atoms. The monoisotopic (exact) mass is 189 g/mol. The van der Waals surface area contributed by atoms with Crippen molar-refractivity contribution in [2.45, 2.75) is 19.4 Å². The molecule has 0 aliphatic carbocycles. The second kappa shape index (κ2) is 3.80. The number of hydrogen-bond acceptors (Lipinski definition) is 3. The molecule has 0 aromatic carbocycles. The number of nitrogens with zero attached hydrogens (tertiary/aromatic N) is 1. The van der Waals surface area contributed by atoms with Gasteiger partial charge in [-0.15, -0.1) is 11.8 Å². The van der Waals surface area contributed by atoms with Gasteiger partial charge in [-0.2, -0.15) is 0 Å². The van der Waals surface area contributed by atoms with Crippen LogP contribution in [0.1, 0.15) is 13.3 Å². The molecule has 0 radical (unpaired) electrons. The quantitative estimate of drug-likeness (QED) is 0.682. The maximum absolute atomic E-state index is 11.2. The minimum Gasteiger partial charge on any atom is -0.480 e. The lowest BCUT2D eigenvalue weighted by molar-refractivity contribution is -0.147. The van der Waals surface area contributed by atoms with Crippen LogP contribution < -0.4 is 0 Å². The molecule has 0 aromatic heterocycles. The van der Waals surface area contributed by atoms with Gasteiger partial charge in [-0.1, -0.05) is 6.92 Å². The fourth-order valence-corrected chi connectivity index (χ4v) is 2.27. The Bertz CT molecular complexity index is 207. The molecule has 5 heteroatoms. The lowest BCUT2D eigenvalue weighted by Gasteiger charge is -2.19. The Morgan fingerprint density at radius 1 is 1.67 bits per heavy atom. The van der Waals surface area contributed by atoms with Crippen molar-refractivity contribution in [1.29, 1.82) is 0 Å². The van der Waals surface area contributed by atoms with E-state index in [4.69, 9.17) is 5.11 Å². The van der Waals surface area contributed by atoms with Crippen LogP contribution >= 0.6 is 11.8 Å². The second-order valence-electron chi connectivity index (χ2n) is 2.57. The average Bonchev–Trinajstić information content (AvgIpc) is 2.50. The minimum atomic E-state index is -0.901. The number of carbonyl (C=O) groups is 2. The van der Waals surface area contributed by atoms with Crippen LogP contribution in [0.15, 0.2) is 0 Å². The van der Waals surface area contributed by atoms with E-state index in [1.54, 1.807) is 6.92 Å². The van der Waals surface area contributed by atoms with Crippen LogP contribution in [-0.4, -0.2) is 39.6 Å². The maximum atomic E-state index is 11.2. The summed E-state index contributed by atoms with van der Waals surface area (Å²) in [5.41, 5.74) is 0. The van der Waals surface area contributed by atoms with Crippen molar-refractivity contribution < 1.29 is 14.7 Å². The highest BCUT2D eigenvalue weighted by Gasteiger charge is 2.33. The molecule has 1 fully saturated rings. The standard InChI is InChI=1S/C7H11NO3S/c1-2-6(9)8-4-12-3-5(8)7(10)11/h5H,2-4H2,1H3,(H,10,11). The van der Waals surface area contributed by atoms with Crippen LogP contribution in [0.4, 0.5) is 0 Å². The van der Waals surface area contributed by atoms with Crippen LogP contribution in [0.25, 0.3) is 0 Å². The number of carbonyl (C=O) groups excluding carboxylic acids is 1. The molecule has 1 rings (SSSR count). The van der Waals surface area contributed by atoms with Crippen LogP contribution in [0.3, 0.4) is 0 Å². The van der Waals surface area contributed by atoms with E-state index in [-0.39, 0.29) is 5.91 Å². The van der Waals surface area contributed by atoms with E-state index < -0.39 is 12.0 Å². The van der Waals surface area contributed by atoms with E-state index >= 15 is 0 Å². The predicted octanol–water partition coefficient (Wildman–Crippen LogP) is 0.383. The van der Waals surface area contributed by atoms with E-state index in [1.807, 2.05) is 0 Å². The molecular formula is C7H11NO3S. The van der Waals surface area contributed by atoms with Gasteiger partial charge < -0.3 is 10.0 Å². The smallest absolute Gasteiger partial charge is 0.327 e. The Hall–Kier alpha value is -0.710. The topological polar surface area (TPSA) is 57.6 Å². The van der Waals surface area contributed by atoms with Gasteiger partial charge >= 0.3 is 5.97 Å². The molecule has 68 valence electrons. The first-order valence-corrected chi connectivity index (χ1v) is 4.92. The summed E-state index contributed by atoms with van der Waals surface area (Å²) in [5, 5.41) is 8.72. The third-order valence-corrected chi connectivity index (χ3v) is 2.80. The Morgan fingerprint density at radius 2 is 2.33 bits per heavy atom. The molecule has 0 saturated carbocycles. The second-order valence-corrected chi connectivity index (χ2v) is 3.57. The van der Waals surface area contributed by atoms with Gasteiger partial charge in [0.05, 0.1) is 5.88 Å². The molecule has 1 saturated heterocycles. The number of aliphatic carboxylic acids is 1. The molecule has 0 spiro atoms. The van der Waals surface area contributed by atoms with E-state index in [0.29, 0.717) is 18.1 Å². The fraction of sp³-hybridized carbons (Fsp3) is 0.714. The largest absolute Gasteiger partial charge is 0.480 e. The molecule has 0 aromatic rings. The van der Waals surface area contributed by atoms with Crippen LogP contribution in [0.2, 0.25) is 0 Å². The third-order valence-electron chi connectivity index (χ3n) is 1.79. The molecule has 1 N–H and O–H groups in total. The summed E-state index contributed by atoms with van der Waals surface area (Å²) >= 11 is 1.49. The first kappa shape index (κ1) is 9.38. The van der Waals surface area contributed by atoms with Crippen molar-refractivity contribution in [3.63, 3.8) is 0 Å². The van der Waals surface area contributed by atoms with Crippen molar-refractivity contribution in [2.24, 2.45) is 0 Å². The summed E-state index contributed by atoms with van der Waals surface area (Å²) in [6, 6.07) is -0.609. The van der Waals surface area contributed by atoms with Gasteiger partial charge in [-0.05, 0) is 0 Å². The summed E-state index contributed by atoms with van der Waals surface area (Å²) in [6.45, 7) is 1.74. The first-order chi connectivity index (χ1) is 5.66. The Morgan fingerprint density at radius 3 is 2.83 bits per heavy atom. The van der Waals surface area contributed by atoms with Crippen molar-refractivity contribution in [3.8, 4) is 0 Å². The highest BCUT2D eigenvalue weighted by Crippen LogP contribution is 2.21. The van der Waals surface area contributed by atoms with Crippen molar-refractivity contribution in [2.75, 3.05) is 11.6 Å². The average molecular weight is 189 g/mol. The van der Waals surface area contributed by atoms with Gasteiger partial charge in [-0.25, -0.2) is 4.79 Å². The Balaban J connectivity index is 2.63. The van der Waals surface area contributed by atoms with E-state index in [1.165, 1.54) is 16.7 Å². The highest BCUT2D eigenvalue weighted by atomic mass is 32.2. The van der Waals surface area contributed by atoms with Crippen LogP contribution in [0, 0.1) is 0 Å². The molecule has 0 bridgehead atoms. The molecule has 1 atom stereocenters. The van der Waals surface area contributed by atoms with Gasteiger partial charge in [0.2, 0.25) is 5.91 Å². The molecule has 1 unspecified atom stereocenters. The van der Waals surface area contributed by atoms with Crippen molar-refractivity contribution >= 4 is 23.6 Å². The molecule has 1 heterocycles. The zero-order valence-corrected chi connectivity index (χ0v) is 7.63. The van der Waals surface area contributed by atoms with Gasteiger partial charge in [0.1, 0.15) is 6.04 Å². The molecular weight excluding hydrogens is 178 g/mol. The van der Waals surface area contributed by atoms with Crippen molar-refractivity contribution in [1.82, 2.24) is 4.90 Å². The number of carboxylic acids is 1. The zero-order chi connectivity index (χ0) is 9.14. The normalized spacial score (nSPS) is 22.8. The van der Waals surface area contributed by atoms with Crippen LogP contribution in [0.5, 0.6) is 0 Å². The number of carboxylic acid groups (broad SMARTS) is 1. The number of amides is 1. The minimum absolute atomic E-state index is 0.0765. The molecule has 1 amide bonds. The van der Waals surface area contributed by atoms with Gasteiger partial charge in [0, 0.05) is 12.2 Å². The van der Waals surface area contributed by atoms with Gasteiger partial charge in [0.15, 0.2) is 0 Å². The summed E-state index contributed by atoms with van der Waals surface area (Å²) in [6.07, 6.45) is 0.379. The maximum Gasteiger partial charge on any atom is 0.327 e. The molecule has 4 nitrogen and oxygen atoms in total. The van der Waals surface area contributed by atoms with Gasteiger partial charge in [-0.3, -0.25) is 4.79 Å². The molecule has 1 aliphatic heterocycles. The SMILES string of the molecule is CCC(=O)N1CSCC1C(=O)O. The lowest BCUT2D eigenvalue weighted by Crippen LogP contribution is -2.41. The van der Waals surface area contributed by atoms with E-state index in [2.05, 4.69) is 0 Å². The number of thioether (sulfide) groups is 1. The Kier molecular flexibility index (Phi) is 2.97. The summed E-state index contributed by atoms with van der Waals surface area (Å²) in [5.74, 6) is 0.0549. The fourth-order valence-electron chi connectivity index (χ4n) is 1.10. The van der Waals surface area contributed by atoms with Crippen LogP contribution in [-0.2, 0) is 9.59 Å². The summed E-state index contributed by atoms with van der Waals surface area (Å²) in [4.78, 5) is 23.2. The summed E-state index contributed by atoms with van der Waals surface area (Å²) < 4.78 is 0. The third kappa shape index (κ3) is 1.72. The summed E-state index contributed by atoms with van der Waals surface area (Å²) in [7, 11) is 0. The van der Waals surface area contributed by atoms with Gasteiger partial charge in [0.25, 0.3) is 0 Å². The Labute approximate surface area is 74.9 Å². The lowest BCUT2D eigenvalue weighted by atomic mass is 10.3. The van der Waals surface area contributed by atoms with E-state index in [9.17, 15) is 9.59 Å². The zero-order valence-electron chi connectivity index (χ0n) is 6.82. The number of rotatable bonds is 2. The first-order valence-electron chi connectivity index (χ1n) is 3.76. The molecule has 1 aliphatic rings.